The molecule has 0 aliphatic carbocycles. The fraction of sp³-hybridized carbons (Fsp3) is 0.250. The Labute approximate surface area is 143 Å². The van der Waals surface area contributed by atoms with Gasteiger partial charge in [-0.1, -0.05) is 17.7 Å². The summed E-state index contributed by atoms with van der Waals surface area (Å²) in [6.07, 6.45) is 4.11. The van der Waals surface area contributed by atoms with Gasteiger partial charge in [-0.2, -0.15) is 0 Å². The number of nitrogens with one attached hydrogen (secondary N) is 2. The molecule has 0 radical (unpaired) electrons. The van der Waals surface area contributed by atoms with E-state index in [4.69, 9.17) is 16.3 Å². The number of rotatable bonds is 4. The van der Waals surface area contributed by atoms with Crippen molar-refractivity contribution in [2.45, 2.75) is 12.5 Å². The number of nitrogens with zero attached hydrogens (tertiary/aromatic N) is 4. The van der Waals surface area contributed by atoms with Gasteiger partial charge in [0.1, 0.15) is 17.4 Å². The van der Waals surface area contributed by atoms with Crippen molar-refractivity contribution in [2.24, 2.45) is 0 Å². The zero-order chi connectivity index (χ0) is 16.4. The van der Waals surface area contributed by atoms with Gasteiger partial charge in [0.25, 0.3) is 0 Å². The molecule has 1 aliphatic heterocycles. The highest BCUT2D eigenvalue weighted by Crippen LogP contribution is 2.24. The Hall–Kier alpha value is -2.51. The van der Waals surface area contributed by atoms with Crippen LogP contribution in [0.15, 0.2) is 36.8 Å². The lowest BCUT2D eigenvalue weighted by atomic mass is 10.3. The third-order valence-corrected chi connectivity index (χ3v) is 3.96. The molecule has 24 heavy (non-hydrogen) atoms. The Morgan fingerprint density at radius 3 is 3.00 bits per heavy atom. The molecule has 1 saturated heterocycles. The lowest BCUT2D eigenvalue weighted by molar-refractivity contribution is 0.195. The topological polar surface area (TPSA) is 84.9 Å². The Kier molecular flexibility index (Phi) is 4.10. The van der Waals surface area contributed by atoms with Crippen LogP contribution in [-0.4, -0.2) is 39.2 Å². The highest BCUT2D eigenvalue weighted by molar-refractivity contribution is 6.30. The van der Waals surface area contributed by atoms with Crippen LogP contribution in [0.3, 0.4) is 0 Å². The van der Waals surface area contributed by atoms with E-state index in [0.717, 1.165) is 18.7 Å². The number of aromatic nitrogens is 4. The number of hydrogen-bond acceptors (Lipinski definition) is 7. The summed E-state index contributed by atoms with van der Waals surface area (Å²) in [6.45, 7) is 1.43. The van der Waals surface area contributed by atoms with Crippen LogP contribution >= 0.6 is 11.6 Å². The summed E-state index contributed by atoms with van der Waals surface area (Å²) in [5.74, 6) is 1.15. The number of hydrogen-bond donors (Lipinski definition) is 2. The van der Waals surface area contributed by atoms with Crippen LogP contribution < -0.4 is 10.6 Å². The Morgan fingerprint density at radius 2 is 2.17 bits per heavy atom. The van der Waals surface area contributed by atoms with Gasteiger partial charge in [-0.05, 0) is 24.6 Å². The lowest BCUT2D eigenvalue weighted by Crippen LogP contribution is -2.20. The summed E-state index contributed by atoms with van der Waals surface area (Å²) in [5, 5.41) is 7.16. The number of halogens is 1. The second-order valence-corrected chi connectivity index (χ2v) is 5.93. The fourth-order valence-electron chi connectivity index (χ4n) is 2.55. The highest BCUT2D eigenvalue weighted by Gasteiger charge is 2.17. The van der Waals surface area contributed by atoms with Crippen LogP contribution in [0.1, 0.15) is 6.42 Å². The molecule has 2 N–H and O–H groups in total. The van der Waals surface area contributed by atoms with Crippen LogP contribution in [0, 0.1) is 0 Å². The second kappa shape index (κ2) is 6.54. The molecule has 3 heterocycles. The maximum absolute atomic E-state index is 6.03. The molecule has 1 atom stereocenters. The van der Waals surface area contributed by atoms with E-state index in [2.05, 4.69) is 30.6 Å². The summed E-state index contributed by atoms with van der Waals surface area (Å²) in [7, 11) is 0. The molecule has 1 aliphatic rings. The van der Waals surface area contributed by atoms with E-state index in [1.807, 2.05) is 24.3 Å². The quantitative estimate of drug-likeness (QED) is 0.753. The van der Waals surface area contributed by atoms with Gasteiger partial charge in [-0.15, -0.1) is 0 Å². The zero-order valence-corrected chi connectivity index (χ0v) is 13.5. The van der Waals surface area contributed by atoms with Gasteiger partial charge >= 0.3 is 0 Å². The van der Waals surface area contributed by atoms with Gasteiger partial charge in [0.15, 0.2) is 5.82 Å². The van der Waals surface area contributed by atoms with Gasteiger partial charge < -0.3 is 15.4 Å². The van der Waals surface area contributed by atoms with Crippen molar-refractivity contribution in [3.63, 3.8) is 0 Å². The standard InChI is InChI=1S/C16H15ClN6O/c17-10-2-1-3-11(6-10)21-15-14-13(19-9-20-15)7-18-16(23-14)22-12-4-5-24-8-12/h1-3,6-7,9,12H,4-5,8H2,(H,18,22,23)(H,19,20,21). The zero-order valence-electron chi connectivity index (χ0n) is 12.7. The SMILES string of the molecule is Clc1cccc(Nc2ncnc3cnc(NC4CCOC4)nc23)c1. The normalized spacial score (nSPS) is 17.1. The van der Waals surface area contributed by atoms with E-state index in [9.17, 15) is 0 Å². The van der Waals surface area contributed by atoms with Gasteiger partial charge in [0.2, 0.25) is 5.95 Å². The van der Waals surface area contributed by atoms with Crippen LogP contribution in [0.5, 0.6) is 0 Å². The van der Waals surface area contributed by atoms with E-state index in [0.29, 0.717) is 34.4 Å². The van der Waals surface area contributed by atoms with E-state index < -0.39 is 0 Å². The molecule has 0 bridgehead atoms. The molecule has 0 spiro atoms. The first kappa shape index (κ1) is 15.0. The van der Waals surface area contributed by atoms with Gasteiger partial charge in [0.05, 0.1) is 18.8 Å². The molecular weight excluding hydrogens is 328 g/mol. The third kappa shape index (κ3) is 3.22. The van der Waals surface area contributed by atoms with E-state index in [1.165, 1.54) is 6.33 Å². The largest absolute Gasteiger partial charge is 0.379 e. The molecule has 0 amide bonds. The van der Waals surface area contributed by atoms with E-state index in [1.54, 1.807) is 6.20 Å². The molecule has 2 aromatic heterocycles. The molecular formula is C16H15ClN6O. The second-order valence-electron chi connectivity index (χ2n) is 5.49. The van der Waals surface area contributed by atoms with Crippen molar-refractivity contribution in [1.82, 2.24) is 19.9 Å². The van der Waals surface area contributed by atoms with Crippen molar-refractivity contribution in [3.05, 3.63) is 41.8 Å². The summed E-state index contributed by atoms with van der Waals surface area (Å²) in [4.78, 5) is 17.4. The third-order valence-electron chi connectivity index (χ3n) is 3.73. The molecule has 122 valence electrons. The van der Waals surface area contributed by atoms with Gasteiger partial charge in [-0.25, -0.2) is 19.9 Å². The molecule has 1 unspecified atom stereocenters. The summed E-state index contributed by atoms with van der Waals surface area (Å²) >= 11 is 6.03. The van der Waals surface area contributed by atoms with Crippen molar-refractivity contribution in [1.29, 1.82) is 0 Å². The number of anilines is 3. The summed E-state index contributed by atoms with van der Waals surface area (Å²) in [6, 6.07) is 7.66. The van der Waals surface area contributed by atoms with Crippen molar-refractivity contribution >= 4 is 40.1 Å². The fourth-order valence-corrected chi connectivity index (χ4v) is 2.74. The first-order valence-corrected chi connectivity index (χ1v) is 8.00. The predicted molar refractivity (Wildman–Crippen MR) is 92.7 cm³/mol. The van der Waals surface area contributed by atoms with Crippen molar-refractivity contribution in [3.8, 4) is 0 Å². The predicted octanol–water partition coefficient (Wildman–Crippen LogP) is 3.02. The van der Waals surface area contributed by atoms with Gasteiger partial charge in [0, 0.05) is 17.3 Å². The van der Waals surface area contributed by atoms with Crippen molar-refractivity contribution in [2.75, 3.05) is 23.8 Å². The average Bonchev–Trinajstić information content (AvgIpc) is 3.08. The van der Waals surface area contributed by atoms with E-state index in [-0.39, 0.29) is 6.04 Å². The Balaban J connectivity index is 1.66. The maximum atomic E-state index is 6.03. The molecule has 4 rings (SSSR count). The highest BCUT2D eigenvalue weighted by atomic mass is 35.5. The van der Waals surface area contributed by atoms with Gasteiger partial charge in [-0.3, -0.25) is 0 Å². The summed E-state index contributed by atoms with van der Waals surface area (Å²) in [5.41, 5.74) is 2.15. The van der Waals surface area contributed by atoms with Crippen molar-refractivity contribution < 1.29 is 4.74 Å². The average molecular weight is 343 g/mol. The van der Waals surface area contributed by atoms with Crippen LogP contribution in [0.4, 0.5) is 17.5 Å². The molecule has 7 nitrogen and oxygen atoms in total. The van der Waals surface area contributed by atoms with Crippen LogP contribution in [-0.2, 0) is 4.74 Å². The Bertz CT molecular complexity index is 868. The Morgan fingerprint density at radius 1 is 1.21 bits per heavy atom. The monoisotopic (exact) mass is 342 g/mol. The first-order valence-electron chi connectivity index (χ1n) is 7.62. The minimum Gasteiger partial charge on any atom is -0.379 e. The molecule has 8 heteroatoms. The minimum absolute atomic E-state index is 0.233. The summed E-state index contributed by atoms with van der Waals surface area (Å²) < 4.78 is 5.36. The van der Waals surface area contributed by atoms with Crippen LogP contribution in [0.25, 0.3) is 11.0 Å². The van der Waals surface area contributed by atoms with Crippen LogP contribution in [0.2, 0.25) is 5.02 Å². The number of benzene rings is 1. The smallest absolute Gasteiger partial charge is 0.223 e. The first-order chi connectivity index (χ1) is 11.8. The number of fused-ring (bicyclic) bond motifs is 1. The maximum Gasteiger partial charge on any atom is 0.223 e. The molecule has 0 saturated carbocycles. The van der Waals surface area contributed by atoms with E-state index >= 15 is 0 Å². The minimum atomic E-state index is 0.233. The lowest BCUT2D eigenvalue weighted by Gasteiger charge is -2.12. The molecule has 3 aromatic rings. The number of ether oxygens (including phenoxy) is 1. The molecule has 1 aromatic carbocycles. The molecule has 1 fully saturated rings.